The summed E-state index contributed by atoms with van der Waals surface area (Å²) in [5.74, 6) is 2.40. The highest BCUT2D eigenvalue weighted by molar-refractivity contribution is 5.88. The Labute approximate surface area is 151 Å². The van der Waals surface area contributed by atoms with E-state index in [0.29, 0.717) is 36.6 Å². The van der Waals surface area contributed by atoms with Crippen molar-refractivity contribution in [2.75, 3.05) is 18.5 Å². The lowest BCUT2D eigenvalue weighted by atomic mass is 9.91. The van der Waals surface area contributed by atoms with Gasteiger partial charge in [-0.15, -0.1) is 0 Å². The molecule has 2 amide bonds. The molecule has 1 aliphatic heterocycles. The lowest BCUT2D eigenvalue weighted by Crippen LogP contribution is -2.38. The molecule has 0 saturated carbocycles. The van der Waals surface area contributed by atoms with Gasteiger partial charge in [-0.25, -0.2) is 14.8 Å². The molecule has 0 radical (unpaired) electrons. The normalized spacial score (nSPS) is 16.5. The van der Waals surface area contributed by atoms with Crippen molar-refractivity contribution in [1.29, 1.82) is 0 Å². The second kappa shape index (κ2) is 8.22. The van der Waals surface area contributed by atoms with Crippen LogP contribution < -0.4 is 10.6 Å². The molecule has 2 aromatic heterocycles. The molecular formula is C17H24N6O3. The second-order valence-corrected chi connectivity index (χ2v) is 6.66. The number of carbonyl (C=O) groups is 1. The third-order valence-electron chi connectivity index (χ3n) is 4.28. The fourth-order valence-corrected chi connectivity index (χ4v) is 2.86. The average molecular weight is 360 g/mol. The SMILES string of the molecule is Cc1nccc(NC(=O)NC(c2nc(C(C)C)no2)C2CCOCC2)n1. The van der Waals surface area contributed by atoms with Crippen LogP contribution in [0.3, 0.4) is 0 Å². The molecule has 1 unspecified atom stereocenters. The molecule has 2 aromatic rings. The van der Waals surface area contributed by atoms with E-state index in [1.165, 1.54) is 0 Å². The molecule has 3 heterocycles. The zero-order chi connectivity index (χ0) is 18.5. The van der Waals surface area contributed by atoms with Crippen molar-refractivity contribution in [2.24, 2.45) is 5.92 Å². The van der Waals surface area contributed by atoms with Gasteiger partial charge in [0.1, 0.15) is 17.7 Å². The van der Waals surface area contributed by atoms with Crippen LogP contribution >= 0.6 is 0 Å². The van der Waals surface area contributed by atoms with E-state index in [-0.39, 0.29) is 23.9 Å². The van der Waals surface area contributed by atoms with Crippen LogP contribution in [0.4, 0.5) is 10.6 Å². The summed E-state index contributed by atoms with van der Waals surface area (Å²) >= 11 is 0. The Bertz CT molecular complexity index is 742. The van der Waals surface area contributed by atoms with Crippen LogP contribution in [-0.2, 0) is 4.74 Å². The highest BCUT2D eigenvalue weighted by atomic mass is 16.5. The summed E-state index contributed by atoms with van der Waals surface area (Å²) in [7, 11) is 0. The minimum atomic E-state index is -0.373. The molecule has 0 aliphatic carbocycles. The van der Waals surface area contributed by atoms with Gasteiger partial charge in [0.25, 0.3) is 0 Å². The average Bonchev–Trinajstić information content (AvgIpc) is 3.10. The first-order chi connectivity index (χ1) is 12.5. The summed E-state index contributed by atoms with van der Waals surface area (Å²) < 4.78 is 10.9. The quantitative estimate of drug-likeness (QED) is 0.842. The Balaban J connectivity index is 1.75. The first-order valence-electron chi connectivity index (χ1n) is 8.81. The van der Waals surface area contributed by atoms with Crippen molar-refractivity contribution >= 4 is 11.8 Å². The minimum Gasteiger partial charge on any atom is -0.381 e. The number of amides is 2. The molecule has 0 aromatic carbocycles. The summed E-state index contributed by atoms with van der Waals surface area (Å²) in [6.07, 6.45) is 3.23. The van der Waals surface area contributed by atoms with Crippen LogP contribution in [-0.4, -0.2) is 39.4 Å². The topological polar surface area (TPSA) is 115 Å². The van der Waals surface area contributed by atoms with Crippen molar-refractivity contribution in [3.63, 3.8) is 0 Å². The molecule has 140 valence electrons. The van der Waals surface area contributed by atoms with Crippen LogP contribution in [0.15, 0.2) is 16.8 Å². The summed E-state index contributed by atoms with van der Waals surface area (Å²) in [4.78, 5) is 25.2. The van der Waals surface area contributed by atoms with Crippen LogP contribution in [0.1, 0.15) is 56.2 Å². The molecule has 9 nitrogen and oxygen atoms in total. The number of anilines is 1. The van der Waals surface area contributed by atoms with Crippen molar-refractivity contribution < 1.29 is 14.1 Å². The number of carbonyl (C=O) groups excluding carboxylic acids is 1. The third-order valence-corrected chi connectivity index (χ3v) is 4.28. The number of nitrogens with one attached hydrogen (secondary N) is 2. The molecular weight excluding hydrogens is 336 g/mol. The number of nitrogens with zero attached hydrogens (tertiary/aromatic N) is 4. The maximum absolute atomic E-state index is 12.5. The molecule has 2 N–H and O–H groups in total. The van der Waals surface area contributed by atoms with Gasteiger partial charge in [-0.05, 0) is 31.7 Å². The third kappa shape index (κ3) is 4.54. The van der Waals surface area contributed by atoms with Crippen molar-refractivity contribution in [3.05, 3.63) is 29.8 Å². The molecule has 1 saturated heterocycles. The predicted molar refractivity (Wildman–Crippen MR) is 93.6 cm³/mol. The first kappa shape index (κ1) is 18.2. The van der Waals surface area contributed by atoms with Crippen LogP contribution in [0, 0.1) is 12.8 Å². The zero-order valence-corrected chi connectivity index (χ0v) is 15.2. The van der Waals surface area contributed by atoms with Gasteiger partial charge in [0.2, 0.25) is 5.89 Å². The smallest absolute Gasteiger partial charge is 0.321 e. The Morgan fingerprint density at radius 3 is 2.69 bits per heavy atom. The van der Waals surface area contributed by atoms with Gasteiger partial charge in [-0.2, -0.15) is 4.98 Å². The second-order valence-electron chi connectivity index (χ2n) is 6.66. The fraction of sp³-hybridized carbons (Fsp3) is 0.588. The van der Waals surface area contributed by atoms with Crippen molar-refractivity contribution in [1.82, 2.24) is 25.4 Å². The van der Waals surface area contributed by atoms with Crippen LogP contribution in [0.5, 0.6) is 0 Å². The fourth-order valence-electron chi connectivity index (χ4n) is 2.86. The summed E-state index contributed by atoms with van der Waals surface area (Å²) in [5, 5.41) is 9.71. The van der Waals surface area contributed by atoms with E-state index in [1.54, 1.807) is 19.2 Å². The van der Waals surface area contributed by atoms with E-state index in [1.807, 2.05) is 13.8 Å². The van der Waals surface area contributed by atoms with Gasteiger partial charge in [-0.3, -0.25) is 5.32 Å². The number of rotatable bonds is 5. The number of aromatic nitrogens is 4. The molecule has 0 spiro atoms. The first-order valence-corrected chi connectivity index (χ1v) is 8.81. The van der Waals surface area contributed by atoms with Gasteiger partial charge >= 0.3 is 6.03 Å². The maximum Gasteiger partial charge on any atom is 0.321 e. The maximum atomic E-state index is 12.5. The van der Waals surface area contributed by atoms with E-state index in [4.69, 9.17) is 9.26 Å². The number of urea groups is 1. The molecule has 1 fully saturated rings. The van der Waals surface area contributed by atoms with Gasteiger partial charge in [0.05, 0.1) is 0 Å². The van der Waals surface area contributed by atoms with E-state index >= 15 is 0 Å². The molecule has 1 aliphatic rings. The van der Waals surface area contributed by atoms with E-state index in [9.17, 15) is 4.79 Å². The highest BCUT2D eigenvalue weighted by Gasteiger charge is 2.31. The van der Waals surface area contributed by atoms with Crippen molar-refractivity contribution in [2.45, 2.75) is 45.6 Å². The Morgan fingerprint density at radius 1 is 1.27 bits per heavy atom. The monoisotopic (exact) mass is 360 g/mol. The number of hydrogen-bond donors (Lipinski definition) is 2. The number of ether oxygens (including phenoxy) is 1. The molecule has 1 atom stereocenters. The lowest BCUT2D eigenvalue weighted by molar-refractivity contribution is 0.0506. The molecule has 26 heavy (non-hydrogen) atoms. The van der Waals surface area contributed by atoms with E-state index in [2.05, 4.69) is 30.7 Å². The summed E-state index contributed by atoms with van der Waals surface area (Å²) in [6, 6.07) is 0.894. The van der Waals surface area contributed by atoms with Gasteiger partial charge in [0.15, 0.2) is 5.82 Å². The van der Waals surface area contributed by atoms with Gasteiger partial charge in [0, 0.05) is 25.3 Å². The predicted octanol–water partition coefficient (Wildman–Crippen LogP) is 2.58. The molecule has 9 heteroatoms. The molecule has 3 rings (SSSR count). The van der Waals surface area contributed by atoms with E-state index in [0.717, 1.165) is 12.8 Å². The van der Waals surface area contributed by atoms with Crippen molar-refractivity contribution in [3.8, 4) is 0 Å². The number of aryl methyl sites for hydroxylation is 1. The Hall–Kier alpha value is -2.55. The standard InChI is InChI=1S/C17H24N6O3/c1-10(2)15-22-16(26-23-15)14(12-5-8-25-9-6-12)21-17(24)20-13-4-7-18-11(3)19-13/h4,7,10,12,14H,5-6,8-9H2,1-3H3,(H2,18,19,20,21,24). The van der Waals surface area contributed by atoms with Crippen LogP contribution in [0.25, 0.3) is 0 Å². The summed E-state index contributed by atoms with van der Waals surface area (Å²) in [5.41, 5.74) is 0. The molecule has 0 bridgehead atoms. The zero-order valence-electron chi connectivity index (χ0n) is 15.2. The summed E-state index contributed by atoms with van der Waals surface area (Å²) in [6.45, 7) is 7.06. The number of hydrogen-bond acceptors (Lipinski definition) is 7. The Morgan fingerprint density at radius 2 is 2.04 bits per heavy atom. The minimum absolute atomic E-state index is 0.153. The highest BCUT2D eigenvalue weighted by Crippen LogP contribution is 2.30. The lowest BCUT2D eigenvalue weighted by Gasteiger charge is -2.28. The largest absolute Gasteiger partial charge is 0.381 e. The van der Waals surface area contributed by atoms with Gasteiger partial charge in [-0.1, -0.05) is 19.0 Å². The van der Waals surface area contributed by atoms with E-state index < -0.39 is 0 Å². The van der Waals surface area contributed by atoms with Crippen LogP contribution in [0.2, 0.25) is 0 Å². The Kier molecular flexibility index (Phi) is 5.77. The van der Waals surface area contributed by atoms with Gasteiger partial charge < -0.3 is 14.6 Å².